The van der Waals surface area contributed by atoms with E-state index < -0.39 is 0 Å². The van der Waals surface area contributed by atoms with Crippen LogP contribution in [-0.2, 0) is 6.42 Å². The third-order valence-corrected chi connectivity index (χ3v) is 3.46. The standard InChI is InChI=1S/C16H17ClO2.2C2H6/c1-11-8-16(19-3)15(17)10-13(11)9-12-4-6-14(18-2)7-5-12;2*1-2/h4-8,10H,9H2,1-3H3;2*1-2H3. The molecule has 0 bridgehead atoms. The zero-order chi connectivity index (χ0) is 17.8. The molecule has 0 aromatic heterocycles. The van der Waals surface area contributed by atoms with Gasteiger partial charge >= 0.3 is 0 Å². The highest BCUT2D eigenvalue weighted by Gasteiger charge is 2.07. The zero-order valence-electron chi connectivity index (χ0n) is 15.4. The molecule has 0 N–H and O–H groups in total. The number of rotatable bonds is 4. The Labute approximate surface area is 146 Å². The minimum Gasteiger partial charge on any atom is -0.497 e. The largest absolute Gasteiger partial charge is 0.497 e. The van der Waals surface area contributed by atoms with Gasteiger partial charge in [0, 0.05) is 0 Å². The Bertz CT molecular complexity index is 563. The molecular weight excluding hydrogens is 308 g/mol. The van der Waals surface area contributed by atoms with Crippen molar-refractivity contribution in [2.75, 3.05) is 14.2 Å². The lowest BCUT2D eigenvalue weighted by molar-refractivity contribution is 0.414. The first-order valence-electron chi connectivity index (χ1n) is 8.10. The highest BCUT2D eigenvalue weighted by atomic mass is 35.5. The van der Waals surface area contributed by atoms with Crippen LogP contribution in [0.3, 0.4) is 0 Å². The number of hydrogen-bond acceptors (Lipinski definition) is 2. The lowest BCUT2D eigenvalue weighted by Crippen LogP contribution is -1.94. The molecule has 3 heteroatoms. The van der Waals surface area contributed by atoms with E-state index in [0.29, 0.717) is 5.02 Å². The van der Waals surface area contributed by atoms with Crippen LogP contribution in [0.4, 0.5) is 0 Å². The van der Waals surface area contributed by atoms with Crippen molar-refractivity contribution in [3.05, 3.63) is 58.1 Å². The van der Waals surface area contributed by atoms with Crippen LogP contribution in [0.1, 0.15) is 44.4 Å². The maximum absolute atomic E-state index is 6.17. The molecule has 0 unspecified atom stereocenters. The second-order valence-electron chi connectivity index (χ2n) is 4.44. The quantitative estimate of drug-likeness (QED) is 0.651. The Kier molecular flexibility index (Phi) is 11.0. The van der Waals surface area contributed by atoms with Crippen molar-refractivity contribution in [1.82, 2.24) is 0 Å². The number of halogens is 1. The summed E-state index contributed by atoms with van der Waals surface area (Å²) in [6.07, 6.45) is 0.847. The second-order valence-corrected chi connectivity index (χ2v) is 4.85. The first kappa shape index (κ1) is 21.3. The molecule has 2 rings (SSSR count). The van der Waals surface area contributed by atoms with Gasteiger partial charge in [0.25, 0.3) is 0 Å². The molecule has 0 fully saturated rings. The SMILES string of the molecule is CC.CC.COc1ccc(Cc2cc(Cl)c(OC)cc2C)cc1. The summed E-state index contributed by atoms with van der Waals surface area (Å²) in [5.41, 5.74) is 3.61. The van der Waals surface area contributed by atoms with Gasteiger partial charge in [-0.1, -0.05) is 51.4 Å². The lowest BCUT2D eigenvalue weighted by Gasteiger charge is -2.10. The highest BCUT2D eigenvalue weighted by molar-refractivity contribution is 6.32. The van der Waals surface area contributed by atoms with Crippen LogP contribution in [-0.4, -0.2) is 14.2 Å². The van der Waals surface area contributed by atoms with Crippen molar-refractivity contribution in [3.63, 3.8) is 0 Å². The summed E-state index contributed by atoms with van der Waals surface area (Å²) in [5, 5.41) is 0.650. The first-order valence-corrected chi connectivity index (χ1v) is 8.47. The molecule has 128 valence electrons. The fraction of sp³-hybridized carbons (Fsp3) is 0.400. The van der Waals surface area contributed by atoms with E-state index in [1.165, 1.54) is 16.7 Å². The van der Waals surface area contributed by atoms with E-state index in [4.69, 9.17) is 21.1 Å². The molecule has 2 aromatic carbocycles. The molecule has 2 aromatic rings. The van der Waals surface area contributed by atoms with Gasteiger partial charge in [0.1, 0.15) is 11.5 Å². The fourth-order valence-electron chi connectivity index (χ4n) is 2.01. The third kappa shape index (κ3) is 6.54. The Hall–Kier alpha value is -1.67. The van der Waals surface area contributed by atoms with Crippen molar-refractivity contribution in [2.45, 2.75) is 41.0 Å². The summed E-state index contributed by atoms with van der Waals surface area (Å²) in [7, 11) is 3.30. The van der Waals surface area contributed by atoms with Gasteiger partial charge in [-0.25, -0.2) is 0 Å². The van der Waals surface area contributed by atoms with Crippen LogP contribution in [0, 0.1) is 6.92 Å². The Morgan fingerprint density at radius 3 is 1.91 bits per heavy atom. The molecular formula is C20H29ClO2. The number of methoxy groups -OCH3 is 2. The molecule has 0 saturated carbocycles. The summed E-state index contributed by atoms with van der Waals surface area (Å²) < 4.78 is 10.4. The molecule has 0 atom stereocenters. The predicted molar refractivity (Wildman–Crippen MR) is 101 cm³/mol. The summed E-state index contributed by atoms with van der Waals surface area (Å²) in [5.74, 6) is 1.59. The van der Waals surface area contributed by atoms with Gasteiger partial charge in [-0.15, -0.1) is 0 Å². The van der Waals surface area contributed by atoms with E-state index in [1.807, 2.05) is 52.0 Å². The number of benzene rings is 2. The minimum atomic E-state index is 0.650. The fourth-order valence-corrected chi connectivity index (χ4v) is 2.27. The van der Waals surface area contributed by atoms with Crippen molar-refractivity contribution < 1.29 is 9.47 Å². The molecule has 0 spiro atoms. The van der Waals surface area contributed by atoms with Gasteiger partial charge in [0.05, 0.1) is 19.2 Å². The van der Waals surface area contributed by atoms with Crippen molar-refractivity contribution in [2.24, 2.45) is 0 Å². The van der Waals surface area contributed by atoms with E-state index in [2.05, 4.69) is 19.1 Å². The smallest absolute Gasteiger partial charge is 0.137 e. The van der Waals surface area contributed by atoms with Crippen LogP contribution in [0.15, 0.2) is 36.4 Å². The Balaban J connectivity index is 0.00000112. The van der Waals surface area contributed by atoms with Gasteiger partial charge in [0.2, 0.25) is 0 Å². The third-order valence-electron chi connectivity index (χ3n) is 3.16. The molecule has 0 heterocycles. The zero-order valence-corrected chi connectivity index (χ0v) is 16.1. The van der Waals surface area contributed by atoms with E-state index in [1.54, 1.807) is 14.2 Å². The van der Waals surface area contributed by atoms with Crippen LogP contribution >= 0.6 is 11.6 Å². The van der Waals surface area contributed by atoms with Gasteiger partial charge in [-0.2, -0.15) is 0 Å². The summed E-state index contributed by atoms with van der Waals surface area (Å²) in [6, 6.07) is 12.0. The molecule has 0 aliphatic rings. The van der Waals surface area contributed by atoms with Crippen LogP contribution in [0.5, 0.6) is 11.5 Å². The van der Waals surface area contributed by atoms with Crippen molar-refractivity contribution >= 4 is 11.6 Å². The van der Waals surface area contributed by atoms with Gasteiger partial charge in [-0.3, -0.25) is 0 Å². The van der Waals surface area contributed by atoms with E-state index in [0.717, 1.165) is 17.9 Å². The summed E-state index contributed by atoms with van der Waals surface area (Å²) in [6.45, 7) is 10.1. The molecule has 0 amide bonds. The minimum absolute atomic E-state index is 0.650. The van der Waals surface area contributed by atoms with E-state index >= 15 is 0 Å². The molecule has 0 saturated heterocycles. The normalized spacial score (nSPS) is 9.04. The van der Waals surface area contributed by atoms with E-state index in [-0.39, 0.29) is 0 Å². The van der Waals surface area contributed by atoms with Crippen molar-refractivity contribution in [3.8, 4) is 11.5 Å². The molecule has 2 nitrogen and oxygen atoms in total. The summed E-state index contributed by atoms with van der Waals surface area (Å²) in [4.78, 5) is 0. The van der Waals surface area contributed by atoms with Gasteiger partial charge < -0.3 is 9.47 Å². The average molecular weight is 337 g/mol. The van der Waals surface area contributed by atoms with Gasteiger partial charge in [0.15, 0.2) is 0 Å². The maximum atomic E-state index is 6.17. The number of ether oxygens (including phenoxy) is 2. The van der Waals surface area contributed by atoms with Crippen molar-refractivity contribution in [1.29, 1.82) is 0 Å². The second kappa shape index (κ2) is 11.8. The monoisotopic (exact) mass is 336 g/mol. The summed E-state index contributed by atoms with van der Waals surface area (Å²) >= 11 is 6.17. The van der Waals surface area contributed by atoms with Gasteiger partial charge in [-0.05, 0) is 54.3 Å². The Morgan fingerprint density at radius 1 is 0.870 bits per heavy atom. The number of aryl methyl sites for hydroxylation is 1. The topological polar surface area (TPSA) is 18.5 Å². The first-order chi connectivity index (χ1) is 11.1. The molecule has 23 heavy (non-hydrogen) atoms. The number of hydrogen-bond donors (Lipinski definition) is 0. The molecule has 0 aliphatic carbocycles. The van der Waals surface area contributed by atoms with E-state index in [9.17, 15) is 0 Å². The Morgan fingerprint density at radius 2 is 1.43 bits per heavy atom. The van der Waals surface area contributed by atoms with Crippen LogP contribution < -0.4 is 9.47 Å². The maximum Gasteiger partial charge on any atom is 0.137 e. The lowest BCUT2D eigenvalue weighted by atomic mass is 10.0. The molecule has 0 radical (unpaired) electrons. The van der Waals surface area contributed by atoms with Crippen LogP contribution in [0.25, 0.3) is 0 Å². The highest BCUT2D eigenvalue weighted by Crippen LogP contribution is 2.29. The average Bonchev–Trinajstić information content (AvgIpc) is 2.62. The molecule has 0 aliphatic heterocycles. The van der Waals surface area contributed by atoms with Crippen LogP contribution in [0.2, 0.25) is 5.02 Å². The predicted octanol–water partition coefficient (Wildman–Crippen LogP) is 6.31.